The molecule has 1 unspecified atom stereocenters. The fraction of sp³-hybridized carbons (Fsp3) is 0.409. The molecule has 30 heavy (non-hydrogen) atoms. The maximum Gasteiger partial charge on any atom is 0.404 e. The first-order valence-corrected chi connectivity index (χ1v) is 9.92. The van der Waals surface area contributed by atoms with Crippen molar-refractivity contribution in [3.05, 3.63) is 47.0 Å². The smallest absolute Gasteiger partial charge is 0.404 e. The number of ether oxygens (including phenoxy) is 2. The molecule has 8 nitrogen and oxygen atoms in total. The van der Waals surface area contributed by atoms with Crippen molar-refractivity contribution in [2.75, 3.05) is 20.3 Å². The monoisotopic (exact) mass is 413 g/mol. The maximum atomic E-state index is 13.0. The molecule has 160 valence electrons. The lowest BCUT2D eigenvalue weighted by atomic mass is 10.0. The summed E-state index contributed by atoms with van der Waals surface area (Å²) in [5.41, 5.74) is 0.602. The first-order valence-electron chi connectivity index (χ1n) is 9.92. The van der Waals surface area contributed by atoms with Gasteiger partial charge in [-0.1, -0.05) is 13.8 Å². The Kier molecular flexibility index (Phi) is 6.89. The number of hydrogen-bond donors (Lipinski definition) is 2. The SMILES string of the molecule is COCCn1c(=O)c2cnccc2c2ccc(OCC(CC(C)C)NC(=O)O)cc21. The highest BCUT2D eigenvalue weighted by molar-refractivity contribution is 6.05. The van der Waals surface area contributed by atoms with Gasteiger partial charge in [0.1, 0.15) is 12.4 Å². The number of methoxy groups -OCH3 is 1. The van der Waals surface area contributed by atoms with Crippen LogP contribution in [0.15, 0.2) is 41.5 Å². The predicted molar refractivity (Wildman–Crippen MR) is 115 cm³/mol. The molecule has 0 aliphatic rings. The van der Waals surface area contributed by atoms with E-state index in [0.717, 1.165) is 16.3 Å². The number of aromatic nitrogens is 2. The molecule has 1 aromatic carbocycles. The fourth-order valence-electron chi connectivity index (χ4n) is 3.62. The second-order valence-electron chi connectivity index (χ2n) is 7.64. The van der Waals surface area contributed by atoms with Crippen molar-refractivity contribution in [1.82, 2.24) is 14.9 Å². The molecule has 0 saturated carbocycles. The van der Waals surface area contributed by atoms with E-state index >= 15 is 0 Å². The van der Waals surface area contributed by atoms with Crippen LogP contribution in [0.1, 0.15) is 20.3 Å². The molecular weight excluding hydrogens is 386 g/mol. The number of nitrogens with zero attached hydrogens (tertiary/aromatic N) is 2. The Labute approximate surface area is 174 Å². The average Bonchev–Trinajstić information content (AvgIpc) is 2.71. The number of pyridine rings is 2. The largest absolute Gasteiger partial charge is 0.491 e. The molecule has 3 rings (SSSR count). The van der Waals surface area contributed by atoms with Gasteiger partial charge in [0.15, 0.2) is 0 Å². The minimum atomic E-state index is -1.07. The molecule has 8 heteroatoms. The van der Waals surface area contributed by atoms with Crippen LogP contribution in [0.25, 0.3) is 21.7 Å². The molecule has 2 aromatic heterocycles. The van der Waals surface area contributed by atoms with Crippen molar-refractivity contribution in [2.24, 2.45) is 5.92 Å². The molecule has 0 fully saturated rings. The third kappa shape index (κ3) is 4.88. The van der Waals surface area contributed by atoms with E-state index in [9.17, 15) is 9.59 Å². The van der Waals surface area contributed by atoms with Crippen LogP contribution >= 0.6 is 0 Å². The van der Waals surface area contributed by atoms with Crippen LogP contribution in [0.5, 0.6) is 5.75 Å². The highest BCUT2D eigenvalue weighted by Crippen LogP contribution is 2.26. The Morgan fingerprint density at radius 2 is 2.03 bits per heavy atom. The Hall–Kier alpha value is -3.13. The number of hydrogen-bond acceptors (Lipinski definition) is 5. The number of benzene rings is 1. The van der Waals surface area contributed by atoms with Gasteiger partial charge in [0.2, 0.25) is 0 Å². The van der Waals surface area contributed by atoms with E-state index in [1.165, 1.54) is 0 Å². The lowest BCUT2D eigenvalue weighted by Crippen LogP contribution is -2.39. The Bertz CT molecular complexity index is 1090. The third-order valence-corrected chi connectivity index (χ3v) is 4.90. The van der Waals surface area contributed by atoms with Crippen molar-refractivity contribution in [3.8, 4) is 5.75 Å². The topological polar surface area (TPSA) is 103 Å². The van der Waals surface area contributed by atoms with Gasteiger partial charge in [-0.2, -0.15) is 0 Å². The zero-order valence-electron chi connectivity index (χ0n) is 17.4. The number of rotatable bonds is 9. The van der Waals surface area contributed by atoms with E-state index in [1.807, 2.05) is 38.1 Å². The highest BCUT2D eigenvalue weighted by Gasteiger charge is 2.16. The quantitative estimate of drug-likeness (QED) is 0.522. The summed E-state index contributed by atoms with van der Waals surface area (Å²) in [4.78, 5) is 28.2. The first-order chi connectivity index (χ1) is 14.4. The minimum absolute atomic E-state index is 0.134. The van der Waals surface area contributed by atoms with Gasteiger partial charge < -0.3 is 24.5 Å². The van der Waals surface area contributed by atoms with Gasteiger partial charge in [-0.25, -0.2) is 4.79 Å². The van der Waals surface area contributed by atoms with Gasteiger partial charge in [-0.3, -0.25) is 9.78 Å². The van der Waals surface area contributed by atoms with Crippen LogP contribution in [0.4, 0.5) is 4.79 Å². The molecule has 3 aromatic rings. The second-order valence-corrected chi connectivity index (χ2v) is 7.64. The molecule has 0 spiro atoms. The second kappa shape index (κ2) is 9.58. The van der Waals surface area contributed by atoms with Gasteiger partial charge in [0.25, 0.3) is 5.56 Å². The summed E-state index contributed by atoms with van der Waals surface area (Å²) in [6.45, 7) is 5.05. The van der Waals surface area contributed by atoms with E-state index in [-0.39, 0.29) is 18.2 Å². The van der Waals surface area contributed by atoms with Crippen molar-refractivity contribution in [1.29, 1.82) is 0 Å². The van der Waals surface area contributed by atoms with E-state index in [2.05, 4.69) is 10.3 Å². The van der Waals surface area contributed by atoms with E-state index in [4.69, 9.17) is 14.6 Å². The average molecular weight is 413 g/mol. The van der Waals surface area contributed by atoms with Crippen LogP contribution in [0.3, 0.4) is 0 Å². The lowest BCUT2D eigenvalue weighted by Gasteiger charge is -2.20. The first kappa shape index (κ1) is 21.6. The van der Waals surface area contributed by atoms with E-state index in [0.29, 0.717) is 36.6 Å². The lowest BCUT2D eigenvalue weighted by molar-refractivity contribution is 0.176. The van der Waals surface area contributed by atoms with Gasteiger partial charge in [-0.15, -0.1) is 0 Å². The number of carboxylic acid groups (broad SMARTS) is 1. The summed E-state index contributed by atoms with van der Waals surface area (Å²) in [7, 11) is 1.59. The van der Waals surface area contributed by atoms with Crippen molar-refractivity contribution < 1.29 is 19.4 Å². The molecule has 0 aliphatic heterocycles. The number of carbonyl (C=O) groups is 1. The van der Waals surface area contributed by atoms with Gasteiger partial charge in [-0.05, 0) is 35.9 Å². The van der Waals surface area contributed by atoms with Crippen molar-refractivity contribution in [2.45, 2.75) is 32.9 Å². The van der Waals surface area contributed by atoms with Gasteiger partial charge in [0, 0.05) is 37.5 Å². The Balaban J connectivity index is 1.98. The molecule has 1 amide bonds. The molecule has 0 saturated heterocycles. The van der Waals surface area contributed by atoms with Gasteiger partial charge >= 0.3 is 6.09 Å². The van der Waals surface area contributed by atoms with Crippen molar-refractivity contribution >= 4 is 27.8 Å². The summed E-state index contributed by atoms with van der Waals surface area (Å²) < 4.78 is 12.7. The van der Waals surface area contributed by atoms with Crippen LogP contribution in [-0.2, 0) is 11.3 Å². The zero-order chi connectivity index (χ0) is 21.7. The molecule has 0 radical (unpaired) electrons. The van der Waals surface area contributed by atoms with Crippen molar-refractivity contribution in [3.63, 3.8) is 0 Å². The summed E-state index contributed by atoms with van der Waals surface area (Å²) >= 11 is 0. The Morgan fingerprint density at radius 3 is 2.73 bits per heavy atom. The number of nitrogens with one attached hydrogen (secondary N) is 1. The van der Waals surface area contributed by atoms with Crippen LogP contribution in [-0.4, -0.2) is 47.1 Å². The Morgan fingerprint density at radius 1 is 1.23 bits per heavy atom. The van der Waals surface area contributed by atoms with E-state index < -0.39 is 6.09 Å². The number of fused-ring (bicyclic) bond motifs is 3. The van der Waals surface area contributed by atoms with Crippen LogP contribution < -0.4 is 15.6 Å². The predicted octanol–water partition coefficient (Wildman–Crippen LogP) is 3.26. The summed E-state index contributed by atoms with van der Waals surface area (Å²) in [5.74, 6) is 0.892. The summed E-state index contributed by atoms with van der Waals surface area (Å²) in [6.07, 6.45) is 2.84. The van der Waals surface area contributed by atoms with Gasteiger partial charge in [0.05, 0.1) is 23.6 Å². The molecule has 2 heterocycles. The fourth-order valence-corrected chi connectivity index (χ4v) is 3.62. The summed E-state index contributed by atoms with van der Waals surface area (Å²) in [6, 6.07) is 7.07. The molecule has 0 bridgehead atoms. The molecule has 0 aliphatic carbocycles. The molecular formula is C22H27N3O5. The van der Waals surface area contributed by atoms with Crippen LogP contribution in [0.2, 0.25) is 0 Å². The van der Waals surface area contributed by atoms with E-state index in [1.54, 1.807) is 24.1 Å². The standard InChI is InChI=1S/C22H27N3O5/c1-14(2)10-15(24-22(27)28)13-30-16-4-5-18-17-6-7-23-12-19(17)21(26)25(8-9-29-3)20(18)11-16/h4-7,11-12,14-15,24H,8-10,13H2,1-3H3,(H,27,28). The minimum Gasteiger partial charge on any atom is -0.491 e. The maximum absolute atomic E-state index is 13.0. The normalized spacial score (nSPS) is 12.4. The van der Waals surface area contributed by atoms with Crippen LogP contribution in [0, 0.1) is 5.92 Å². The zero-order valence-corrected chi connectivity index (χ0v) is 17.4. The number of amides is 1. The third-order valence-electron chi connectivity index (χ3n) is 4.90. The molecule has 1 atom stereocenters. The summed E-state index contributed by atoms with van der Waals surface area (Å²) in [5, 5.41) is 13.9. The molecule has 2 N–H and O–H groups in total. The highest BCUT2D eigenvalue weighted by atomic mass is 16.5.